The SMILES string of the molecule is Cc1cc(=O)c(C(=O)OCC(=O)N2CCCCCC2)nn1-c1ccc(Cl)cc1. The number of carbonyl (C=O) groups excluding carboxylic acids is 2. The predicted molar refractivity (Wildman–Crippen MR) is 105 cm³/mol. The average Bonchev–Trinajstić information content (AvgIpc) is 2.96. The van der Waals surface area contributed by atoms with Gasteiger partial charge in [0.25, 0.3) is 5.91 Å². The van der Waals surface area contributed by atoms with E-state index in [0.717, 1.165) is 25.7 Å². The van der Waals surface area contributed by atoms with Crippen LogP contribution in [0.15, 0.2) is 35.1 Å². The van der Waals surface area contributed by atoms with Crippen LogP contribution in [0, 0.1) is 6.92 Å². The van der Waals surface area contributed by atoms with Crippen molar-refractivity contribution in [3.63, 3.8) is 0 Å². The van der Waals surface area contributed by atoms with Gasteiger partial charge in [-0.25, -0.2) is 9.48 Å². The first-order chi connectivity index (χ1) is 13.5. The van der Waals surface area contributed by atoms with E-state index in [4.69, 9.17) is 16.3 Å². The smallest absolute Gasteiger partial charge is 0.363 e. The fourth-order valence-corrected chi connectivity index (χ4v) is 3.27. The van der Waals surface area contributed by atoms with E-state index in [9.17, 15) is 14.4 Å². The van der Waals surface area contributed by atoms with Crippen LogP contribution < -0.4 is 5.43 Å². The molecule has 0 atom stereocenters. The Bertz CT molecular complexity index is 916. The quantitative estimate of drug-likeness (QED) is 0.733. The van der Waals surface area contributed by atoms with Crippen molar-refractivity contribution in [1.29, 1.82) is 0 Å². The summed E-state index contributed by atoms with van der Waals surface area (Å²) in [5.74, 6) is -1.16. The number of aryl methyl sites for hydroxylation is 1. The molecule has 0 unspecified atom stereocenters. The molecule has 0 saturated carbocycles. The Kier molecular flexibility index (Phi) is 6.46. The molecule has 0 spiro atoms. The van der Waals surface area contributed by atoms with E-state index in [0.29, 0.717) is 29.5 Å². The fraction of sp³-hybridized carbons (Fsp3) is 0.400. The molecule has 1 aromatic heterocycles. The minimum atomic E-state index is -0.907. The third-order valence-electron chi connectivity index (χ3n) is 4.66. The Morgan fingerprint density at radius 2 is 1.75 bits per heavy atom. The van der Waals surface area contributed by atoms with E-state index in [1.807, 2.05) is 0 Å². The number of hydrogen-bond acceptors (Lipinski definition) is 5. The third-order valence-corrected chi connectivity index (χ3v) is 4.91. The lowest BCUT2D eigenvalue weighted by molar-refractivity contribution is -0.134. The van der Waals surface area contributed by atoms with E-state index in [2.05, 4.69) is 5.10 Å². The number of amides is 1. The first-order valence-corrected chi connectivity index (χ1v) is 9.65. The van der Waals surface area contributed by atoms with Crippen LogP contribution in [0.5, 0.6) is 0 Å². The van der Waals surface area contributed by atoms with Gasteiger partial charge in [-0.1, -0.05) is 24.4 Å². The molecule has 1 saturated heterocycles. The number of likely N-dealkylation sites (tertiary alicyclic amines) is 1. The van der Waals surface area contributed by atoms with Crippen molar-refractivity contribution in [3.8, 4) is 5.69 Å². The van der Waals surface area contributed by atoms with Crippen molar-refractivity contribution in [2.75, 3.05) is 19.7 Å². The van der Waals surface area contributed by atoms with E-state index in [1.54, 1.807) is 36.1 Å². The summed E-state index contributed by atoms with van der Waals surface area (Å²) in [4.78, 5) is 38.6. The number of carbonyl (C=O) groups is 2. The lowest BCUT2D eigenvalue weighted by Gasteiger charge is -2.19. The minimum absolute atomic E-state index is 0.250. The maximum Gasteiger partial charge on any atom is 0.363 e. The molecule has 7 nitrogen and oxygen atoms in total. The summed E-state index contributed by atoms with van der Waals surface area (Å²) in [6, 6.07) is 8.15. The summed E-state index contributed by atoms with van der Waals surface area (Å²) >= 11 is 5.90. The van der Waals surface area contributed by atoms with Crippen LogP contribution in [-0.4, -0.2) is 46.3 Å². The van der Waals surface area contributed by atoms with Gasteiger partial charge in [-0.15, -0.1) is 0 Å². The topological polar surface area (TPSA) is 81.5 Å². The molecule has 1 aromatic carbocycles. The highest BCUT2D eigenvalue weighted by Crippen LogP contribution is 2.14. The zero-order chi connectivity index (χ0) is 20.1. The second-order valence-corrected chi connectivity index (χ2v) is 7.19. The van der Waals surface area contributed by atoms with E-state index in [-0.39, 0.29) is 11.6 Å². The average molecular weight is 404 g/mol. The van der Waals surface area contributed by atoms with Gasteiger partial charge < -0.3 is 9.64 Å². The summed E-state index contributed by atoms with van der Waals surface area (Å²) in [7, 11) is 0. The molecule has 1 aliphatic rings. The van der Waals surface area contributed by atoms with Gasteiger partial charge in [-0.2, -0.15) is 5.10 Å². The molecule has 0 bridgehead atoms. The summed E-state index contributed by atoms with van der Waals surface area (Å²) < 4.78 is 6.55. The summed E-state index contributed by atoms with van der Waals surface area (Å²) in [6.07, 6.45) is 4.10. The number of rotatable bonds is 4. The molecule has 28 heavy (non-hydrogen) atoms. The lowest BCUT2D eigenvalue weighted by atomic mass is 10.2. The number of aromatic nitrogens is 2. The summed E-state index contributed by atoms with van der Waals surface area (Å²) in [5, 5.41) is 4.70. The van der Waals surface area contributed by atoms with Gasteiger partial charge in [0.05, 0.1) is 5.69 Å². The maximum absolute atomic E-state index is 12.4. The normalized spacial score (nSPS) is 14.4. The molecular formula is C20H22ClN3O4. The first-order valence-electron chi connectivity index (χ1n) is 9.27. The predicted octanol–water partition coefficient (Wildman–Crippen LogP) is 2.75. The lowest BCUT2D eigenvalue weighted by Crippen LogP contribution is -2.36. The highest BCUT2D eigenvalue weighted by Gasteiger charge is 2.21. The van der Waals surface area contributed by atoms with Gasteiger partial charge in [0.2, 0.25) is 11.1 Å². The van der Waals surface area contributed by atoms with E-state index < -0.39 is 18.0 Å². The molecule has 3 rings (SSSR count). The minimum Gasteiger partial charge on any atom is -0.451 e. The van der Waals surface area contributed by atoms with Gasteiger partial charge in [-0.05, 0) is 44.0 Å². The van der Waals surface area contributed by atoms with Crippen LogP contribution in [-0.2, 0) is 9.53 Å². The maximum atomic E-state index is 12.4. The number of esters is 1. The summed E-state index contributed by atoms with van der Waals surface area (Å²) in [6.45, 7) is 2.65. The standard InChI is InChI=1S/C20H22ClN3O4/c1-14-12-17(25)19(22-24(14)16-8-6-15(21)7-9-16)20(27)28-13-18(26)23-10-4-2-3-5-11-23/h6-9,12H,2-5,10-11,13H2,1H3. The Morgan fingerprint density at radius 1 is 1.11 bits per heavy atom. The van der Waals surface area contributed by atoms with Gasteiger partial charge in [0.15, 0.2) is 6.61 Å². The zero-order valence-electron chi connectivity index (χ0n) is 15.7. The molecule has 2 heterocycles. The first kappa shape index (κ1) is 20.1. The fourth-order valence-electron chi connectivity index (χ4n) is 3.14. The molecule has 148 valence electrons. The number of ether oxygens (including phenoxy) is 1. The third kappa shape index (κ3) is 4.78. The molecule has 2 aromatic rings. The molecule has 0 N–H and O–H groups in total. The monoisotopic (exact) mass is 403 g/mol. The number of benzene rings is 1. The Hall–Kier alpha value is -2.67. The van der Waals surface area contributed by atoms with Crippen molar-refractivity contribution in [2.24, 2.45) is 0 Å². The van der Waals surface area contributed by atoms with Gasteiger partial charge >= 0.3 is 5.97 Å². The van der Waals surface area contributed by atoms with Gasteiger partial charge in [0.1, 0.15) is 0 Å². The van der Waals surface area contributed by atoms with Crippen LogP contribution in [0.4, 0.5) is 0 Å². The molecule has 1 aliphatic heterocycles. The van der Waals surface area contributed by atoms with Crippen LogP contribution >= 0.6 is 11.6 Å². The number of halogens is 1. The van der Waals surface area contributed by atoms with Crippen LogP contribution in [0.2, 0.25) is 5.02 Å². The second kappa shape index (κ2) is 9.01. The molecule has 1 amide bonds. The Morgan fingerprint density at radius 3 is 2.39 bits per heavy atom. The molecular weight excluding hydrogens is 382 g/mol. The molecule has 1 fully saturated rings. The van der Waals surface area contributed by atoms with Crippen molar-refractivity contribution < 1.29 is 14.3 Å². The van der Waals surface area contributed by atoms with Crippen molar-refractivity contribution in [3.05, 3.63) is 57.0 Å². The number of nitrogens with zero attached hydrogens (tertiary/aromatic N) is 3. The van der Waals surface area contributed by atoms with E-state index in [1.165, 1.54) is 10.7 Å². The largest absolute Gasteiger partial charge is 0.451 e. The number of hydrogen-bond donors (Lipinski definition) is 0. The van der Waals surface area contributed by atoms with E-state index >= 15 is 0 Å². The van der Waals surface area contributed by atoms with Gasteiger partial charge in [0, 0.05) is 29.9 Å². The second-order valence-electron chi connectivity index (χ2n) is 6.76. The summed E-state index contributed by atoms with van der Waals surface area (Å²) in [5.41, 5.74) is 0.306. The molecule has 0 aliphatic carbocycles. The van der Waals surface area contributed by atoms with Crippen LogP contribution in [0.1, 0.15) is 41.9 Å². The van der Waals surface area contributed by atoms with Crippen LogP contribution in [0.25, 0.3) is 5.69 Å². The van der Waals surface area contributed by atoms with Gasteiger partial charge in [-0.3, -0.25) is 9.59 Å². The molecule has 8 heteroatoms. The van der Waals surface area contributed by atoms with Crippen molar-refractivity contribution in [2.45, 2.75) is 32.6 Å². The Labute approximate surface area is 167 Å². The van der Waals surface area contributed by atoms with Crippen molar-refractivity contribution in [1.82, 2.24) is 14.7 Å². The van der Waals surface area contributed by atoms with Crippen molar-refractivity contribution >= 4 is 23.5 Å². The van der Waals surface area contributed by atoms with Crippen LogP contribution in [0.3, 0.4) is 0 Å². The zero-order valence-corrected chi connectivity index (χ0v) is 16.4. The highest BCUT2D eigenvalue weighted by atomic mass is 35.5. The molecule has 0 radical (unpaired) electrons. The highest BCUT2D eigenvalue weighted by molar-refractivity contribution is 6.30. The Balaban J connectivity index is 1.74.